The summed E-state index contributed by atoms with van der Waals surface area (Å²) in [6, 6.07) is 13.5. The summed E-state index contributed by atoms with van der Waals surface area (Å²) < 4.78 is 13.6. The SMILES string of the molecule is CC(C)(C)c1cc(NC(=O)CCCN)c(S(=O)CCc2ccccc2)c(NC(=O)CCCN)c1. The molecule has 7 nitrogen and oxygen atoms in total. The van der Waals surface area contributed by atoms with Crippen LogP contribution in [-0.2, 0) is 32.2 Å². The van der Waals surface area contributed by atoms with E-state index < -0.39 is 10.8 Å². The van der Waals surface area contributed by atoms with Crippen LogP contribution < -0.4 is 22.1 Å². The Morgan fingerprint density at radius 2 is 1.38 bits per heavy atom. The Balaban J connectivity index is 2.49. The van der Waals surface area contributed by atoms with Crippen LogP contribution in [0.1, 0.15) is 57.6 Å². The second kappa shape index (κ2) is 13.4. The Hall–Kier alpha value is -2.55. The van der Waals surface area contributed by atoms with Crippen LogP contribution in [0.4, 0.5) is 11.4 Å². The van der Waals surface area contributed by atoms with E-state index in [-0.39, 0.29) is 30.1 Å². The molecule has 0 saturated carbocycles. The number of carbonyl (C=O) groups excluding carboxylic acids is 2. The molecule has 0 aliphatic carbocycles. The molecule has 2 rings (SSSR count). The van der Waals surface area contributed by atoms with Crippen molar-refractivity contribution in [1.82, 2.24) is 0 Å². The number of carbonyl (C=O) groups is 2. The van der Waals surface area contributed by atoms with Crippen LogP contribution in [0.3, 0.4) is 0 Å². The Bertz CT molecular complexity index is 944. The zero-order valence-electron chi connectivity index (χ0n) is 20.5. The molecule has 2 aromatic rings. The van der Waals surface area contributed by atoms with E-state index in [4.69, 9.17) is 11.5 Å². The highest BCUT2D eigenvalue weighted by Crippen LogP contribution is 2.36. The van der Waals surface area contributed by atoms with Crippen molar-refractivity contribution in [1.29, 1.82) is 0 Å². The van der Waals surface area contributed by atoms with Gasteiger partial charge in [0.15, 0.2) is 0 Å². The lowest BCUT2D eigenvalue weighted by Gasteiger charge is -2.24. The molecular formula is C26H38N4O3S. The zero-order valence-corrected chi connectivity index (χ0v) is 21.3. The predicted octanol–water partition coefficient (Wildman–Crippen LogP) is 3.69. The van der Waals surface area contributed by atoms with Gasteiger partial charge in [0, 0.05) is 18.6 Å². The Kier molecular flexibility index (Phi) is 10.9. The van der Waals surface area contributed by atoms with Crippen molar-refractivity contribution in [3.8, 4) is 0 Å². The van der Waals surface area contributed by atoms with Gasteiger partial charge in [-0.15, -0.1) is 0 Å². The van der Waals surface area contributed by atoms with Gasteiger partial charge >= 0.3 is 0 Å². The maximum Gasteiger partial charge on any atom is 0.224 e. The van der Waals surface area contributed by atoms with E-state index in [1.54, 1.807) is 0 Å². The van der Waals surface area contributed by atoms with Crippen LogP contribution in [0.25, 0.3) is 0 Å². The Morgan fingerprint density at radius 3 is 1.82 bits per heavy atom. The molecule has 1 unspecified atom stereocenters. The average molecular weight is 487 g/mol. The molecule has 0 heterocycles. The summed E-state index contributed by atoms with van der Waals surface area (Å²) in [6.45, 7) is 6.97. The lowest BCUT2D eigenvalue weighted by atomic mass is 9.86. The molecule has 0 bridgehead atoms. The first-order chi connectivity index (χ1) is 16.2. The molecule has 2 aromatic carbocycles. The highest BCUT2D eigenvalue weighted by atomic mass is 32.2. The van der Waals surface area contributed by atoms with Crippen molar-refractivity contribution in [3.63, 3.8) is 0 Å². The monoisotopic (exact) mass is 486 g/mol. The molecule has 6 N–H and O–H groups in total. The predicted molar refractivity (Wildman–Crippen MR) is 140 cm³/mol. The smallest absolute Gasteiger partial charge is 0.224 e. The molecule has 0 spiro atoms. The summed E-state index contributed by atoms with van der Waals surface area (Å²) in [5.41, 5.74) is 13.8. The molecule has 0 fully saturated rings. The first kappa shape index (κ1) is 27.7. The van der Waals surface area contributed by atoms with Crippen molar-refractivity contribution in [2.24, 2.45) is 11.5 Å². The Morgan fingerprint density at radius 1 is 0.882 bits per heavy atom. The molecule has 0 saturated heterocycles. The van der Waals surface area contributed by atoms with Gasteiger partial charge in [-0.1, -0.05) is 51.1 Å². The lowest BCUT2D eigenvalue weighted by molar-refractivity contribution is -0.117. The quantitative estimate of drug-likeness (QED) is 0.364. The number of hydrogen-bond donors (Lipinski definition) is 4. The third-order valence-electron chi connectivity index (χ3n) is 5.37. The maximum atomic E-state index is 13.6. The normalized spacial score (nSPS) is 12.3. The summed E-state index contributed by atoms with van der Waals surface area (Å²) in [7, 11) is -1.47. The van der Waals surface area contributed by atoms with Gasteiger partial charge in [0.05, 0.1) is 27.1 Å². The third-order valence-corrected chi connectivity index (χ3v) is 6.84. The number of rotatable bonds is 12. The lowest BCUT2D eigenvalue weighted by Crippen LogP contribution is -2.21. The number of anilines is 2. The second-order valence-corrected chi connectivity index (χ2v) is 10.8. The van der Waals surface area contributed by atoms with E-state index >= 15 is 0 Å². The summed E-state index contributed by atoms with van der Waals surface area (Å²) in [6.07, 6.45) is 2.25. The second-order valence-electron chi connectivity index (χ2n) is 9.32. The van der Waals surface area contributed by atoms with Crippen LogP contribution in [0, 0.1) is 0 Å². The van der Waals surface area contributed by atoms with E-state index in [0.717, 1.165) is 11.1 Å². The zero-order chi connectivity index (χ0) is 25.1. The fourth-order valence-corrected chi connectivity index (χ4v) is 4.74. The topological polar surface area (TPSA) is 127 Å². The van der Waals surface area contributed by atoms with Crippen LogP contribution >= 0.6 is 0 Å². The summed E-state index contributed by atoms with van der Waals surface area (Å²) in [4.78, 5) is 25.6. The number of nitrogens with one attached hydrogen (secondary N) is 2. The van der Waals surface area contributed by atoms with Gasteiger partial charge < -0.3 is 22.1 Å². The van der Waals surface area contributed by atoms with Crippen molar-refractivity contribution >= 4 is 34.0 Å². The summed E-state index contributed by atoms with van der Waals surface area (Å²) in [5, 5.41) is 5.87. The van der Waals surface area contributed by atoms with E-state index in [2.05, 4.69) is 31.4 Å². The standard InChI is InChI=1S/C26H38N4O3S/c1-26(2,3)20-17-21(29-23(31)11-7-14-27)25(22(18-20)30-24(32)12-8-15-28)34(33)16-13-19-9-5-4-6-10-19/h4-6,9-10,17-18H,7-8,11-16,27-28H2,1-3H3,(H,29,31)(H,30,32). The van der Waals surface area contributed by atoms with Crippen LogP contribution in [-0.4, -0.2) is 34.9 Å². The summed E-state index contributed by atoms with van der Waals surface area (Å²) >= 11 is 0. The van der Waals surface area contributed by atoms with Gasteiger partial charge in [-0.3, -0.25) is 13.8 Å². The average Bonchev–Trinajstić information content (AvgIpc) is 2.79. The molecule has 0 radical (unpaired) electrons. The Labute approximate surface area is 205 Å². The minimum absolute atomic E-state index is 0.196. The fourth-order valence-electron chi connectivity index (χ4n) is 3.40. The van der Waals surface area contributed by atoms with E-state index in [1.165, 1.54) is 0 Å². The van der Waals surface area contributed by atoms with Gasteiger partial charge in [-0.2, -0.15) is 0 Å². The van der Waals surface area contributed by atoms with Crippen LogP contribution in [0.15, 0.2) is 47.4 Å². The van der Waals surface area contributed by atoms with Gasteiger partial charge in [-0.25, -0.2) is 0 Å². The van der Waals surface area contributed by atoms with E-state index in [9.17, 15) is 13.8 Å². The van der Waals surface area contributed by atoms with E-state index in [0.29, 0.717) is 54.4 Å². The van der Waals surface area contributed by atoms with Crippen LogP contribution in [0.2, 0.25) is 0 Å². The minimum Gasteiger partial charge on any atom is -0.330 e. The fraction of sp³-hybridized carbons (Fsp3) is 0.462. The van der Waals surface area contributed by atoms with E-state index in [1.807, 2.05) is 42.5 Å². The minimum atomic E-state index is -1.47. The number of aryl methyl sites for hydroxylation is 1. The molecular weight excluding hydrogens is 448 g/mol. The first-order valence-electron chi connectivity index (χ1n) is 11.8. The number of nitrogens with two attached hydrogens (primary N) is 2. The van der Waals surface area contributed by atoms with Crippen LogP contribution in [0.5, 0.6) is 0 Å². The number of hydrogen-bond acceptors (Lipinski definition) is 5. The molecule has 8 heteroatoms. The summed E-state index contributed by atoms with van der Waals surface area (Å²) in [5.74, 6) is -0.0348. The molecule has 0 aromatic heterocycles. The van der Waals surface area contributed by atoms with Gasteiger partial charge in [-0.05, 0) is 61.0 Å². The van der Waals surface area contributed by atoms with Crippen molar-refractivity contribution in [3.05, 3.63) is 53.6 Å². The molecule has 34 heavy (non-hydrogen) atoms. The largest absolute Gasteiger partial charge is 0.330 e. The first-order valence-corrected chi connectivity index (χ1v) is 13.1. The van der Waals surface area contributed by atoms with Gasteiger partial charge in [0.25, 0.3) is 0 Å². The van der Waals surface area contributed by atoms with Crippen molar-refractivity contribution in [2.75, 3.05) is 29.5 Å². The highest BCUT2D eigenvalue weighted by Gasteiger charge is 2.24. The van der Waals surface area contributed by atoms with Crippen molar-refractivity contribution < 1.29 is 13.8 Å². The molecule has 186 valence electrons. The van der Waals surface area contributed by atoms with Gasteiger partial charge in [0.1, 0.15) is 0 Å². The highest BCUT2D eigenvalue weighted by molar-refractivity contribution is 7.85. The number of amides is 2. The molecule has 0 aliphatic heterocycles. The number of benzene rings is 2. The molecule has 1 atom stereocenters. The maximum absolute atomic E-state index is 13.6. The van der Waals surface area contributed by atoms with Crippen molar-refractivity contribution in [2.45, 2.75) is 63.2 Å². The molecule has 0 aliphatic rings. The third kappa shape index (κ3) is 8.66. The van der Waals surface area contributed by atoms with Gasteiger partial charge in [0.2, 0.25) is 11.8 Å². The molecule has 2 amide bonds.